The van der Waals surface area contributed by atoms with Gasteiger partial charge in [0.15, 0.2) is 17.3 Å². The fraction of sp³-hybridized carbons (Fsp3) is 0.176. The summed E-state index contributed by atoms with van der Waals surface area (Å²) in [5.41, 5.74) is 0.953. The second-order valence-electron chi connectivity index (χ2n) is 5.85. The zero-order valence-corrected chi connectivity index (χ0v) is 14.4. The predicted molar refractivity (Wildman–Crippen MR) is 96.7 cm³/mol. The molecule has 0 atom stereocenters. The second-order valence-corrected chi connectivity index (χ2v) is 5.85. The van der Waals surface area contributed by atoms with Gasteiger partial charge >= 0.3 is 0 Å². The van der Waals surface area contributed by atoms with Gasteiger partial charge in [0.25, 0.3) is 0 Å². The molecule has 10 heteroatoms. The quantitative estimate of drug-likeness (QED) is 0.543. The van der Waals surface area contributed by atoms with Gasteiger partial charge in [-0.05, 0) is 18.2 Å². The fourth-order valence-corrected chi connectivity index (χ4v) is 2.64. The van der Waals surface area contributed by atoms with E-state index in [2.05, 4.69) is 30.8 Å². The third kappa shape index (κ3) is 3.54. The van der Waals surface area contributed by atoms with Crippen molar-refractivity contribution in [1.29, 1.82) is 0 Å². The molecule has 138 valence electrons. The maximum absolute atomic E-state index is 13.4. The van der Waals surface area contributed by atoms with Crippen LogP contribution in [-0.2, 0) is 13.6 Å². The number of aryl methyl sites for hydroxylation is 1. The third-order valence-electron chi connectivity index (χ3n) is 3.96. The van der Waals surface area contributed by atoms with Gasteiger partial charge in [0.2, 0.25) is 5.95 Å². The van der Waals surface area contributed by atoms with E-state index >= 15 is 0 Å². The summed E-state index contributed by atoms with van der Waals surface area (Å²) >= 11 is 0. The SMILES string of the molecule is Cn1ncc2c(NCCn3cccn3)nc(Nc3ccc(F)c(F)c3)nc21. The van der Waals surface area contributed by atoms with Crippen LogP contribution in [0, 0.1) is 11.6 Å². The zero-order valence-electron chi connectivity index (χ0n) is 14.4. The Morgan fingerprint density at radius 2 is 2.00 bits per heavy atom. The van der Waals surface area contributed by atoms with E-state index in [9.17, 15) is 8.78 Å². The summed E-state index contributed by atoms with van der Waals surface area (Å²) in [5.74, 6) is -1.02. The highest BCUT2D eigenvalue weighted by Gasteiger charge is 2.12. The van der Waals surface area contributed by atoms with E-state index in [0.29, 0.717) is 30.2 Å². The first kappa shape index (κ1) is 16.9. The van der Waals surface area contributed by atoms with Crippen molar-refractivity contribution in [2.75, 3.05) is 17.2 Å². The Morgan fingerprint density at radius 3 is 2.78 bits per heavy atom. The van der Waals surface area contributed by atoms with Crippen molar-refractivity contribution < 1.29 is 8.78 Å². The molecule has 0 unspecified atom stereocenters. The van der Waals surface area contributed by atoms with E-state index in [4.69, 9.17) is 0 Å². The van der Waals surface area contributed by atoms with E-state index in [1.807, 2.05) is 12.3 Å². The van der Waals surface area contributed by atoms with Crippen LogP contribution in [-0.4, -0.2) is 36.1 Å². The van der Waals surface area contributed by atoms with Crippen molar-refractivity contribution in [3.05, 3.63) is 54.5 Å². The van der Waals surface area contributed by atoms with Crippen LogP contribution in [0.5, 0.6) is 0 Å². The topological polar surface area (TPSA) is 85.5 Å². The molecule has 0 aliphatic heterocycles. The van der Waals surface area contributed by atoms with Crippen LogP contribution in [0.4, 0.5) is 26.2 Å². The van der Waals surface area contributed by atoms with Gasteiger partial charge in [0.05, 0.1) is 18.1 Å². The summed E-state index contributed by atoms with van der Waals surface area (Å²) in [6, 6.07) is 5.37. The van der Waals surface area contributed by atoms with Gasteiger partial charge in [0.1, 0.15) is 5.82 Å². The molecule has 2 N–H and O–H groups in total. The van der Waals surface area contributed by atoms with Gasteiger partial charge in [-0.3, -0.25) is 9.36 Å². The average molecular weight is 370 g/mol. The molecule has 0 radical (unpaired) electrons. The Hall–Kier alpha value is -3.56. The maximum atomic E-state index is 13.4. The number of anilines is 3. The molecule has 0 aliphatic rings. The highest BCUT2D eigenvalue weighted by atomic mass is 19.2. The van der Waals surface area contributed by atoms with Gasteiger partial charge in [-0.1, -0.05) is 0 Å². The predicted octanol–water partition coefficient (Wildman–Crippen LogP) is 2.69. The van der Waals surface area contributed by atoms with E-state index in [1.54, 1.807) is 28.8 Å². The first-order chi connectivity index (χ1) is 13.1. The van der Waals surface area contributed by atoms with Gasteiger partial charge in [-0.15, -0.1) is 0 Å². The lowest BCUT2D eigenvalue weighted by molar-refractivity contribution is 0.509. The maximum Gasteiger partial charge on any atom is 0.231 e. The first-order valence-corrected chi connectivity index (χ1v) is 8.23. The smallest absolute Gasteiger partial charge is 0.231 e. The van der Waals surface area contributed by atoms with Gasteiger partial charge < -0.3 is 10.6 Å². The number of nitrogens with zero attached hydrogens (tertiary/aromatic N) is 6. The lowest BCUT2D eigenvalue weighted by Crippen LogP contribution is -2.13. The fourth-order valence-electron chi connectivity index (χ4n) is 2.64. The van der Waals surface area contributed by atoms with E-state index in [0.717, 1.165) is 17.5 Å². The highest BCUT2D eigenvalue weighted by molar-refractivity contribution is 5.87. The molecule has 4 aromatic rings. The molecule has 3 aromatic heterocycles. The minimum absolute atomic E-state index is 0.249. The molecule has 3 heterocycles. The Labute approximate surface area is 152 Å². The Kier molecular flexibility index (Phi) is 4.37. The van der Waals surface area contributed by atoms with Crippen molar-refractivity contribution >= 4 is 28.5 Å². The minimum Gasteiger partial charge on any atom is -0.367 e. The van der Waals surface area contributed by atoms with Crippen LogP contribution >= 0.6 is 0 Å². The largest absolute Gasteiger partial charge is 0.367 e. The van der Waals surface area contributed by atoms with Crippen LogP contribution in [0.2, 0.25) is 0 Å². The molecule has 0 fully saturated rings. The van der Waals surface area contributed by atoms with Gasteiger partial charge in [-0.25, -0.2) is 8.78 Å². The molecule has 0 aliphatic carbocycles. The van der Waals surface area contributed by atoms with Crippen molar-refractivity contribution in [3.8, 4) is 0 Å². The van der Waals surface area contributed by atoms with E-state index in [-0.39, 0.29) is 5.95 Å². The number of benzene rings is 1. The van der Waals surface area contributed by atoms with E-state index < -0.39 is 11.6 Å². The monoisotopic (exact) mass is 370 g/mol. The normalized spacial score (nSPS) is 11.1. The van der Waals surface area contributed by atoms with Crippen molar-refractivity contribution in [2.24, 2.45) is 7.05 Å². The Balaban J connectivity index is 1.60. The number of aromatic nitrogens is 6. The molecule has 4 rings (SSSR count). The van der Waals surface area contributed by atoms with Gasteiger partial charge in [-0.2, -0.15) is 20.2 Å². The number of rotatable bonds is 6. The molecule has 8 nitrogen and oxygen atoms in total. The van der Waals surface area contributed by atoms with Crippen LogP contribution < -0.4 is 10.6 Å². The second kappa shape index (κ2) is 6.98. The first-order valence-electron chi connectivity index (χ1n) is 8.23. The van der Waals surface area contributed by atoms with E-state index in [1.165, 1.54) is 6.07 Å². The molecule has 0 amide bonds. The van der Waals surface area contributed by atoms with Crippen LogP contribution in [0.25, 0.3) is 11.0 Å². The number of hydrogen-bond donors (Lipinski definition) is 2. The molecule has 0 saturated carbocycles. The van der Waals surface area contributed by atoms with Crippen molar-refractivity contribution in [1.82, 2.24) is 29.5 Å². The van der Waals surface area contributed by atoms with Crippen LogP contribution in [0.3, 0.4) is 0 Å². The highest BCUT2D eigenvalue weighted by Crippen LogP contribution is 2.23. The van der Waals surface area contributed by atoms with Crippen molar-refractivity contribution in [3.63, 3.8) is 0 Å². The summed E-state index contributed by atoms with van der Waals surface area (Å²) in [6.45, 7) is 1.25. The molecule has 27 heavy (non-hydrogen) atoms. The average Bonchev–Trinajstić information content (AvgIpc) is 3.29. The molecule has 0 saturated heterocycles. The molecule has 0 spiro atoms. The number of hydrogen-bond acceptors (Lipinski definition) is 6. The summed E-state index contributed by atoms with van der Waals surface area (Å²) < 4.78 is 30.0. The number of fused-ring (bicyclic) bond motifs is 1. The summed E-state index contributed by atoms with van der Waals surface area (Å²) in [4.78, 5) is 8.85. The Morgan fingerprint density at radius 1 is 1.11 bits per heavy atom. The lowest BCUT2D eigenvalue weighted by atomic mass is 10.3. The number of nitrogens with one attached hydrogen (secondary N) is 2. The van der Waals surface area contributed by atoms with Gasteiger partial charge in [0, 0.05) is 37.7 Å². The zero-order chi connectivity index (χ0) is 18.8. The standard InChI is InChI=1S/C17H16F2N8/c1-26-16-12(10-22-26)15(20-6-8-27-7-2-5-21-27)24-17(25-16)23-11-3-4-13(18)14(19)9-11/h2-5,7,9-10H,6,8H2,1H3,(H2,20,23,24,25). The summed E-state index contributed by atoms with van der Waals surface area (Å²) in [7, 11) is 1.77. The summed E-state index contributed by atoms with van der Waals surface area (Å²) in [5, 5.41) is 15.3. The molecule has 0 bridgehead atoms. The minimum atomic E-state index is -0.945. The number of halogens is 2. The third-order valence-corrected chi connectivity index (χ3v) is 3.96. The Bertz CT molecular complexity index is 1070. The molecular weight excluding hydrogens is 354 g/mol. The van der Waals surface area contributed by atoms with Crippen LogP contribution in [0.1, 0.15) is 0 Å². The summed E-state index contributed by atoms with van der Waals surface area (Å²) in [6.07, 6.45) is 5.26. The molecular formula is C17H16F2N8. The van der Waals surface area contributed by atoms with Crippen LogP contribution in [0.15, 0.2) is 42.9 Å². The molecule has 1 aromatic carbocycles. The van der Waals surface area contributed by atoms with Crippen molar-refractivity contribution in [2.45, 2.75) is 6.54 Å². The lowest BCUT2D eigenvalue weighted by Gasteiger charge is -2.10.